The topological polar surface area (TPSA) is 97.6 Å². The third-order valence-corrected chi connectivity index (χ3v) is 6.99. The Morgan fingerprint density at radius 3 is 1.11 bits per heavy atom. The molecule has 0 aliphatic rings. The zero-order valence-electron chi connectivity index (χ0n) is 21.4. The van der Waals surface area contributed by atoms with Gasteiger partial charge in [0.1, 0.15) is 5.75 Å². The number of phenolic OH excluding ortho intramolecular Hbond substituents is 1. The van der Waals surface area contributed by atoms with Crippen molar-refractivity contribution >= 4 is 36.0 Å². The van der Waals surface area contributed by atoms with Gasteiger partial charge >= 0.3 is 12.2 Å². The van der Waals surface area contributed by atoms with E-state index in [2.05, 4.69) is 111 Å². The Kier molecular flexibility index (Phi) is 14.1. The number of ether oxygens (including phenoxy) is 2. The van der Waals surface area contributed by atoms with Gasteiger partial charge in [0.15, 0.2) is 0 Å². The molecule has 4 aromatic carbocycles. The Morgan fingerprint density at radius 2 is 0.868 bits per heavy atom. The van der Waals surface area contributed by atoms with Gasteiger partial charge < -0.3 is 14.6 Å². The average Bonchev–Trinajstić information content (AvgIpc) is 2.95. The van der Waals surface area contributed by atoms with Crippen LogP contribution in [0.3, 0.4) is 0 Å². The minimum absolute atomic E-state index is 0.195. The van der Waals surface area contributed by atoms with Gasteiger partial charge in [0, 0.05) is 0 Å². The summed E-state index contributed by atoms with van der Waals surface area (Å²) in [4.78, 5) is 20.9. The minimum atomic E-state index is -0.898. The molecule has 0 fully saturated rings. The quantitative estimate of drug-likeness (QED) is 0.232. The van der Waals surface area contributed by atoms with Crippen molar-refractivity contribution in [1.82, 2.24) is 0 Å². The largest absolute Gasteiger partial charge is 0.508 e. The third kappa shape index (κ3) is 11.6. The third-order valence-electron chi connectivity index (χ3n) is 4.55. The number of hydrogen-bond acceptors (Lipinski definition) is 5. The minimum Gasteiger partial charge on any atom is -0.508 e. The molecular weight excluding hydrogens is 499 g/mol. The van der Waals surface area contributed by atoms with E-state index in [1.165, 1.54) is 15.9 Å². The smallest absolute Gasteiger partial charge is 0.452 e. The molecule has 0 aromatic heterocycles. The van der Waals surface area contributed by atoms with Crippen LogP contribution in [0.25, 0.3) is 0 Å². The molecule has 0 aliphatic carbocycles. The zero-order valence-corrected chi connectivity index (χ0v) is 22.3. The van der Waals surface area contributed by atoms with Gasteiger partial charge in [0.05, 0.1) is 13.2 Å². The predicted molar refractivity (Wildman–Crippen MR) is 152 cm³/mol. The summed E-state index contributed by atoms with van der Waals surface area (Å²) in [5.74, 6) is 0.322. The highest BCUT2D eigenvalue weighted by Gasteiger charge is 2.15. The fraction of sp³-hybridized carbons (Fsp3) is 0.133. The van der Waals surface area contributed by atoms with E-state index < -0.39 is 20.1 Å². The number of carbonyl (C=O) groups is 2. The van der Waals surface area contributed by atoms with Crippen LogP contribution in [-0.4, -0.2) is 30.5 Å². The van der Waals surface area contributed by atoms with Gasteiger partial charge in [-0.25, -0.2) is 9.59 Å². The zero-order chi connectivity index (χ0) is 27.4. The van der Waals surface area contributed by atoms with Crippen LogP contribution in [-0.2, 0) is 9.47 Å². The van der Waals surface area contributed by atoms with E-state index in [0.29, 0.717) is 5.75 Å². The molecule has 4 rings (SSSR count). The summed E-state index contributed by atoms with van der Waals surface area (Å²) in [6.07, 6.45) is -1.80. The van der Waals surface area contributed by atoms with Crippen molar-refractivity contribution in [3.8, 4) is 5.75 Å². The first kappa shape index (κ1) is 29.9. The second-order valence-electron chi connectivity index (χ2n) is 7.28. The van der Waals surface area contributed by atoms with Gasteiger partial charge in [-0.05, 0) is 49.8 Å². The van der Waals surface area contributed by atoms with Gasteiger partial charge in [-0.3, -0.25) is 0 Å². The van der Waals surface area contributed by atoms with Crippen LogP contribution in [0.2, 0.25) is 0 Å². The van der Waals surface area contributed by atoms with Crippen LogP contribution < -0.4 is 15.9 Å². The molecule has 0 aliphatic heterocycles. The van der Waals surface area contributed by atoms with E-state index in [0.717, 1.165) is 0 Å². The molecule has 0 spiro atoms. The van der Waals surface area contributed by atoms with E-state index in [4.69, 9.17) is 5.11 Å². The Morgan fingerprint density at radius 1 is 0.579 bits per heavy atom. The molecule has 0 heterocycles. The average molecular weight is 531 g/mol. The Hall–Kier alpha value is -4.35. The maximum atomic E-state index is 10.5. The predicted octanol–water partition coefficient (Wildman–Crippen LogP) is 6.59. The molecule has 7 nitrogen and oxygen atoms in total. The molecule has 4 aromatic rings. The maximum Gasteiger partial charge on any atom is 0.452 e. The molecule has 0 bridgehead atoms. The normalized spacial score (nSPS) is 9.97. The highest BCUT2D eigenvalue weighted by atomic mass is 31.1. The Bertz CT molecular complexity index is 1110. The molecule has 0 saturated heterocycles. The Labute approximate surface area is 224 Å². The van der Waals surface area contributed by atoms with Crippen molar-refractivity contribution in [2.75, 3.05) is 13.2 Å². The van der Waals surface area contributed by atoms with E-state index in [-0.39, 0.29) is 13.2 Å². The van der Waals surface area contributed by atoms with Crippen molar-refractivity contribution in [2.45, 2.75) is 13.8 Å². The first-order valence-electron chi connectivity index (χ1n) is 12.0. The summed E-state index contributed by atoms with van der Waals surface area (Å²) in [5, 5.41) is 18.7. The van der Waals surface area contributed by atoms with Crippen LogP contribution in [0.1, 0.15) is 13.8 Å². The molecule has 8 heteroatoms. The van der Waals surface area contributed by atoms with E-state index in [1.807, 2.05) is 6.07 Å². The van der Waals surface area contributed by atoms with Crippen LogP contribution in [0.5, 0.6) is 5.75 Å². The van der Waals surface area contributed by atoms with Crippen molar-refractivity contribution in [2.24, 2.45) is 10.2 Å². The number of hydrogen-bond donors (Lipinski definition) is 1. The van der Waals surface area contributed by atoms with Gasteiger partial charge in [-0.15, -0.1) is 0 Å². The maximum absolute atomic E-state index is 10.5. The lowest BCUT2D eigenvalue weighted by Crippen LogP contribution is -2.20. The summed E-state index contributed by atoms with van der Waals surface area (Å²) >= 11 is 0. The highest BCUT2D eigenvalue weighted by molar-refractivity contribution is 7.79. The second-order valence-corrected chi connectivity index (χ2v) is 9.50. The molecule has 2 amide bonds. The Balaban J connectivity index is 0.000000228. The first-order chi connectivity index (χ1) is 18.5. The SMILES string of the molecule is CCOC(=O)N=NC(=O)OCC.Oc1ccccc1.c1ccc(P(c2ccccc2)c2ccccc2)cc1. The van der Waals surface area contributed by atoms with E-state index >= 15 is 0 Å². The van der Waals surface area contributed by atoms with Gasteiger partial charge in [0.2, 0.25) is 0 Å². The summed E-state index contributed by atoms with van der Waals surface area (Å²) in [5.41, 5.74) is 0. The number of aromatic hydroxyl groups is 1. The first-order valence-corrected chi connectivity index (χ1v) is 13.3. The van der Waals surface area contributed by atoms with Crippen molar-refractivity contribution in [1.29, 1.82) is 0 Å². The molecule has 0 saturated carbocycles. The highest BCUT2D eigenvalue weighted by Crippen LogP contribution is 2.32. The lowest BCUT2D eigenvalue weighted by Gasteiger charge is -2.18. The van der Waals surface area contributed by atoms with E-state index in [1.54, 1.807) is 38.1 Å². The number of nitrogens with zero attached hydrogens (tertiary/aromatic N) is 2. The van der Waals surface area contributed by atoms with Crippen LogP contribution in [0.15, 0.2) is 132 Å². The number of rotatable bonds is 5. The fourth-order valence-electron chi connectivity index (χ4n) is 2.99. The summed E-state index contributed by atoms with van der Waals surface area (Å²) in [7, 11) is -0.446. The van der Waals surface area contributed by atoms with Crippen LogP contribution in [0.4, 0.5) is 9.59 Å². The van der Waals surface area contributed by atoms with Crippen LogP contribution in [0, 0.1) is 0 Å². The van der Waals surface area contributed by atoms with Crippen molar-refractivity contribution in [3.63, 3.8) is 0 Å². The fourth-order valence-corrected chi connectivity index (χ4v) is 5.30. The summed E-state index contributed by atoms with van der Waals surface area (Å²) in [6, 6.07) is 41.0. The molecule has 0 atom stereocenters. The summed E-state index contributed by atoms with van der Waals surface area (Å²) < 4.78 is 8.73. The molecule has 38 heavy (non-hydrogen) atoms. The van der Waals surface area contributed by atoms with Crippen LogP contribution >= 0.6 is 7.92 Å². The second kappa shape index (κ2) is 18.0. The molecule has 1 N–H and O–H groups in total. The number of azo groups is 1. The standard InChI is InChI=1S/C18H15P.C6H10N2O4.C6H6O/c1-4-10-16(11-5-1)19(17-12-6-2-7-13-17)18-14-8-3-9-15-18;1-3-11-5(9)7-8-6(10)12-4-2;7-6-4-2-1-3-5-6/h1-15H;3-4H2,1-2H3;1-5,7H. The lowest BCUT2D eigenvalue weighted by atomic mass is 10.3. The van der Waals surface area contributed by atoms with Gasteiger partial charge in [-0.1, -0.05) is 119 Å². The lowest BCUT2D eigenvalue weighted by molar-refractivity contribution is 0.152. The number of carbonyl (C=O) groups excluding carboxylic acids is 2. The molecular formula is C30H31N2O5P. The molecule has 0 unspecified atom stereocenters. The summed E-state index contributed by atoms with van der Waals surface area (Å²) in [6.45, 7) is 3.64. The number of benzene rings is 4. The van der Waals surface area contributed by atoms with E-state index in [9.17, 15) is 9.59 Å². The molecule has 196 valence electrons. The van der Waals surface area contributed by atoms with Gasteiger partial charge in [0.25, 0.3) is 0 Å². The number of phenols is 1. The monoisotopic (exact) mass is 530 g/mol. The van der Waals surface area contributed by atoms with Gasteiger partial charge in [-0.2, -0.15) is 0 Å². The molecule has 0 radical (unpaired) electrons. The van der Waals surface area contributed by atoms with Crippen molar-refractivity contribution < 1.29 is 24.2 Å². The number of amides is 2. The van der Waals surface area contributed by atoms with Crippen molar-refractivity contribution in [3.05, 3.63) is 121 Å². The number of para-hydroxylation sites is 1.